The van der Waals surface area contributed by atoms with E-state index in [4.69, 9.17) is 11.5 Å². The highest BCUT2D eigenvalue weighted by Gasteiger charge is 2.47. The van der Waals surface area contributed by atoms with E-state index in [-0.39, 0.29) is 25.7 Å². The Balaban J connectivity index is 2.38. The summed E-state index contributed by atoms with van der Waals surface area (Å²) >= 11 is 0. The van der Waals surface area contributed by atoms with Gasteiger partial charge >= 0.3 is 0 Å². The number of aliphatic hydroxyl groups is 6. The average molecular weight is 1460 g/mol. The van der Waals surface area contributed by atoms with Gasteiger partial charge in [0.2, 0.25) is 70.9 Å². The summed E-state index contributed by atoms with van der Waals surface area (Å²) in [6.45, 7) is 15.4. The van der Waals surface area contributed by atoms with Gasteiger partial charge in [-0.1, -0.05) is 131 Å². The summed E-state index contributed by atoms with van der Waals surface area (Å²) in [5, 5.41) is 88.8. The molecule has 17 atom stereocenters. The van der Waals surface area contributed by atoms with Crippen molar-refractivity contribution in [2.45, 2.75) is 263 Å². The van der Waals surface area contributed by atoms with E-state index in [1.165, 1.54) is 27.7 Å². The smallest absolute Gasteiger partial charge is 0.271 e. The van der Waals surface area contributed by atoms with Crippen molar-refractivity contribution in [1.82, 2.24) is 57.7 Å². The second kappa shape index (κ2) is 42.9. The third-order valence-corrected chi connectivity index (χ3v) is 18.1. The lowest BCUT2D eigenvalue weighted by Crippen LogP contribution is -2.65. The number of carbonyl (C=O) groups is 14. The molecule has 34 nitrogen and oxygen atoms in total. The number of nitrogens with one attached hydrogen (secondary N) is 9. The summed E-state index contributed by atoms with van der Waals surface area (Å²) < 4.78 is 0. The Kier molecular flexibility index (Phi) is 36.9. The number of aliphatic hydroxyl groups excluding tert-OH is 6. The molecule has 2 heterocycles. The van der Waals surface area contributed by atoms with Crippen molar-refractivity contribution < 1.29 is 97.8 Å². The van der Waals surface area contributed by atoms with Gasteiger partial charge in [0.05, 0.1) is 24.4 Å². The molecule has 1 aromatic rings. The van der Waals surface area contributed by atoms with Crippen LogP contribution in [0.2, 0.25) is 0 Å². The maximum absolute atomic E-state index is 14.8. The monoisotopic (exact) mass is 1460 g/mol. The van der Waals surface area contributed by atoms with E-state index in [0.29, 0.717) is 18.4 Å². The van der Waals surface area contributed by atoms with Gasteiger partial charge in [0.1, 0.15) is 66.1 Å². The zero-order chi connectivity index (χ0) is 77.9. The van der Waals surface area contributed by atoms with E-state index in [9.17, 15) is 97.8 Å². The van der Waals surface area contributed by atoms with Crippen LogP contribution in [0, 0.1) is 23.7 Å². The van der Waals surface area contributed by atoms with Crippen LogP contribution in [0.15, 0.2) is 35.3 Å². The summed E-state index contributed by atoms with van der Waals surface area (Å²) in [6, 6.07) is -10.9. The van der Waals surface area contributed by atoms with Crippen molar-refractivity contribution in [1.29, 1.82) is 0 Å². The van der Waals surface area contributed by atoms with Crippen LogP contribution < -0.4 is 59.3 Å². The number of hydrogen-bond acceptors (Lipinski definition) is 20. The lowest BCUT2D eigenvalue weighted by Gasteiger charge is -2.36. The molecule has 1 aromatic carbocycles. The zero-order valence-electron chi connectivity index (χ0n) is 61.1. The summed E-state index contributed by atoms with van der Waals surface area (Å²) in [5.41, 5.74) is 10.8. The lowest BCUT2D eigenvalue weighted by molar-refractivity contribution is -0.148. The van der Waals surface area contributed by atoms with Crippen LogP contribution >= 0.6 is 0 Å². The number of nitrogens with two attached hydrogens (primary N) is 2. The molecule has 0 spiro atoms. The molecule has 14 amide bonds. The molecule has 19 N–H and O–H groups in total. The van der Waals surface area contributed by atoms with Gasteiger partial charge in [-0.05, 0) is 62.3 Å². The molecular weight excluding hydrogens is 1340 g/mol. The Morgan fingerprint density at radius 2 is 1.17 bits per heavy atom. The van der Waals surface area contributed by atoms with Crippen LogP contribution in [0.1, 0.15) is 165 Å². The number of fused-ring (bicyclic) bond motifs is 1. The Morgan fingerprint density at radius 3 is 1.73 bits per heavy atom. The summed E-state index contributed by atoms with van der Waals surface area (Å²) in [6.07, 6.45) is -8.51. The number of primary amides is 2. The summed E-state index contributed by atoms with van der Waals surface area (Å²) in [5.74, 6) is -18.9. The maximum Gasteiger partial charge on any atom is 0.271 e. The first kappa shape index (κ1) is 88.6. The number of amides is 14. The SMILES string of the molecule is CCCCCCCC1CC(=O)N[C@H](C(C)C)C(=O)NC([C@@H](O)C(C)C)C(=O)N=C(CCO)C(=O)N[C@@H](CC(C)C)C(=O)N[C@@H](CCC(N)=O)C(=O)N(C)[C@@H](C(C)CC)C(=O)NC(C(O)C(N)=O)C(=O)N[C@@H]([C@H](C)O)C(=O)N2C[C@H](O)C[C@H]2C(=O)N[C@@H](Cc2ccccc2)C(=O)N[C@@H]([C@@H](C)O)C(=O)N1. The minimum absolute atomic E-state index is 0.0954. The van der Waals surface area contributed by atoms with Crippen molar-refractivity contribution >= 4 is 88.4 Å². The van der Waals surface area contributed by atoms with Crippen molar-refractivity contribution in [2.75, 3.05) is 20.2 Å². The van der Waals surface area contributed by atoms with Crippen LogP contribution in [-0.4, -0.2) is 246 Å². The molecule has 2 aliphatic heterocycles. The van der Waals surface area contributed by atoms with Gasteiger partial charge in [0, 0.05) is 58.3 Å². The van der Waals surface area contributed by atoms with Crippen LogP contribution in [0.5, 0.6) is 0 Å². The quantitative estimate of drug-likeness (QED) is 0.0441. The Hall–Kier alpha value is -8.57. The predicted octanol–water partition coefficient (Wildman–Crippen LogP) is -3.87. The Bertz CT molecular complexity index is 3120. The molecule has 0 aromatic heterocycles. The molecule has 3 rings (SSSR count). The number of unbranched alkanes of at least 4 members (excludes halogenated alkanes) is 4. The van der Waals surface area contributed by atoms with Gasteiger partial charge in [-0.2, -0.15) is 0 Å². The molecule has 1 fully saturated rings. The summed E-state index contributed by atoms with van der Waals surface area (Å²) in [7, 11) is 1.11. The highest BCUT2D eigenvalue weighted by Crippen LogP contribution is 2.23. The number of likely N-dealkylation sites (N-methyl/N-ethyl adjacent to an activating group) is 1. The molecule has 5 unspecified atom stereocenters. The maximum atomic E-state index is 14.8. The molecule has 0 saturated carbocycles. The highest BCUT2D eigenvalue weighted by atomic mass is 16.3. The minimum Gasteiger partial charge on any atom is -0.396 e. The summed E-state index contributed by atoms with van der Waals surface area (Å²) in [4.78, 5) is 205. The first-order valence-electron chi connectivity index (χ1n) is 35.3. The van der Waals surface area contributed by atoms with E-state index in [2.05, 4.69) is 52.8 Å². The molecule has 0 bridgehead atoms. The molecule has 0 radical (unpaired) electrons. The zero-order valence-corrected chi connectivity index (χ0v) is 61.1. The molecule has 2 aliphatic rings. The predicted molar refractivity (Wildman–Crippen MR) is 374 cm³/mol. The number of benzene rings is 1. The van der Waals surface area contributed by atoms with Gasteiger partial charge in [-0.3, -0.25) is 67.1 Å². The average Bonchev–Trinajstić information content (AvgIpc) is 1.75. The third-order valence-electron chi connectivity index (χ3n) is 18.1. The highest BCUT2D eigenvalue weighted by molar-refractivity contribution is 6.41. The fourth-order valence-electron chi connectivity index (χ4n) is 11.9. The van der Waals surface area contributed by atoms with Crippen molar-refractivity contribution in [3.05, 3.63) is 35.9 Å². The molecule has 578 valence electrons. The molecule has 1 saturated heterocycles. The van der Waals surface area contributed by atoms with Crippen LogP contribution in [-0.2, 0) is 73.5 Å². The van der Waals surface area contributed by atoms with E-state index in [0.717, 1.165) is 43.0 Å². The van der Waals surface area contributed by atoms with Gasteiger partial charge in [0.25, 0.3) is 11.8 Å². The van der Waals surface area contributed by atoms with Crippen molar-refractivity contribution in [2.24, 2.45) is 40.1 Å². The molecule has 0 aliphatic carbocycles. The van der Waals surface area contributed by atoms with Crippen molar-refractivity contribution in [3.63, 3.8) is 0 Å². The normalized spacial score (nSPS) is 26.7. The van der Waals surface area contributed by atoms with Gasteiger partial charge in [-0.15, -0.1) is 0 Å². The second-order valence-electron chi connectivity index (χ2n) is 27.9. The largest absolute Gasteiger partial charge is 0.396 e. The number of rotatable bonds is 24. The van der Waals surface area contributed by atoms with E-state index < -0.39 is 254 Å². The first-order valence-corrected chi connectivity index (χ1v) is 35.3. The topological polar surface area (TPSA) is 540 Å². The van der Waals surface area contributed by atoms with Crippen LogP contribution in [0.25, 0.3) is 0 Å². The van der Waals surface area contributed by atoms with Crippen LogP contribution in [0.4, 0.5) is 0 Å². The fourth-order valence-corrected chi connectivity index (χ4v) is 11.9. The van der Waals surface area contributed by atoms with Gasteiger partial charge < -0.3 is 99.8 Å². The first-order chi connectivity index (χ1) is 48.3. The number of hydrogen-bond donors (Lipinski definition) is 17. The standard InChI is InChI=1S/C69H112N14O20/c1-13-15-16-17-21-24-41-31-49(89)77-50(35(5)6)63(97)80-53(56(90)36(7)8)65(99)73-43(27-28-84)59(93)75-45(29-34(3)4)60(94)74-44(25-26-48(70)88)68(102)82(12)55(37(9)14-2)67(101)81-54(57(91)58(71)92)66(100)79-52(39(11)86)69(103)83-33-42(87)32-47(83)62(96)76-46(30-40-22-19-18-20-23-40)61(95)78-51(38(10)85)64(98)72-41/h18-20,22-23,34-39,41-42,44-47,50-57,84-87,90-91H,13-17,21,24-33H2,1-12H3,(H2,70,88)(H2,71,92)(H,72,98)(H,74,94)(H,75,93)(H,76,96)(H,77,89)(H,78,95)(H,79,100)(H,80,97)(H,81,101)/t37?,38-,39+,41?,42-,44+,45+,46+,47+,50-,51+,52+,53?,54?,55+,56+,57?/m1/s1. The fraction of sp³-hybridized carbons (Fsp3) is 0.696. The van der Waals surface area contributed by atoms with E-state index in [1.54, 1.807) is 65.0 Å². The lowest BCUT2D eigenvalue weighted by atomic mass is 9.95. The molecule has 103 heavy (non-hydrogen) atoms. The molecule has 34 heteroatoms. The number of carbonyl (C=O) groups excluding carboxylic acids is 14. The number of aliphatic imine (C=N–C) groups is 1. The van der Waals surface area contributed by atoms with Crippen LogP contribution in [0.3, 0.4) is 0 Å². The Morgan fingerprint density at radius 1 is 0.612 bits per heavy atom. The van der Waals surface area contributed by atoms with Crippen molar-refractivity contribution in [3.8, 4) is 0 Å². The Labute approximate surface area is 600 Å². The third kappa shape index (κ3) is 27.5. The van der Waals surface area contributed by atoms with Gasteiger partial charge in [0.15, 0.2) is 6.10 Å². The molecular formula is C69H112N14O20. The van der Waals surface area contributed by atoms with E-state index >= 15 is 0 Å². The number of nitrogens with zero attached hydrogens (tertiary/aromatic N) is 3. The minimum atomic E-state index is -2.60. The van der Waals surface area contributed by atoms with E-state index in [1.807, 2.05) is 6.92 Å². The van der Waals surface area contributed by atoms with Gasteiger partial charge in [-0.25, -0.2) is 4.99 Å². The second-order valence-corrected chi connectivity index (χ2v) is 27.9.